The number of ether oxygens (including phenoxy) is 2. The van der Waals surface area contributed by atoms with Crippen LogP contribution in [-0.4, -0.2) is 38.1 Å². The Bertz CT molecular complexity index is 582. The number of esters is 1. The molecule has 6 nitrogen and oxygen atoms in total. The molecule has 132 valence electrons. The summed E-state index contributed by atoms with van der Waals surface area (Å²) in [7, 11) is 3.01. The van der Waals surface area contributed by atoms with Crippen LogP contribution in [0.5, 0.6) is 5.75 Å². The van der Waals surface area contributed by atoms with E-state index in [0.29, 0.717) is 11.5 Å². The van der Waals surface area contributed by atoms with Crippen LogP contribution in [0.4, 0.5) is 0 Å². The van der Waals surface area contributed by atoms with Crippen molar-refractivity contribution in [3.05, 3.63) is 28.2 Å². The highest BCUT2D eigenvalue weighted by atomic mass is 79.9. The Hall–Kier alpha value is -1.67. The van der Waals surface area contributed by atoms with Gasteiger partial charge < -0.3 is 14.8 Å². The predicted octanol–water partition coefficient (Wildman–Crippen LogP) is 2.99. The number of unbranched alkanes of at least 4 members (excludes halogenated alkanes) is 2. The number of methoxy groups -OCH3 is 2. The summed E-state index contributed by atoms with van der Waals surface area (Å²) in [4.78, 5) is 11.0. The average molecular weight is 416 g/mol. The van der Waals surface area contributed by atoms with Crippen molar-refractivity contribution < 1.29 is 14.3 Å². The SMILES string of the molecule is COC(=O)CCCCCNC(=S)N/N=C\c1cc(Br)ccc1OC. The van der Waals surface area contributed by atoms with Gasteiger partial charge in [0, 0.05) is 23.0 Å². The number of halogens is 1. The number of nitrogens with zero attached hydrogens (tertiary/aromatic N) is 1. The van der Waals surface area contributed by atoms with Crippen molar-refractivity contribution in [3.63, 3.8) is 0 Å². The fourth-order valence-electron chi connectivity index (χ4n) is 1.88. The lowest BCUT2D eigenvalue weighted by molar-refractivity contribution is -0.140. The van der Waals surface area contributed by atoms with Gasteiger partial charge in [0.1, 0.15) is 5.75 Å². The van der Waals surface area contributed by atoms with E-state index in [-0.39, 0.29) is 5.97 Å². The third-order valence-corrected chi connectivity index (χ3v) is 3.86. The van der Waals surface area contributed by atoms with Crippen LogP contribution < -0.4 is 15.5 Å². The van der Waals surface area contributed by atoms with Gasteiger partial charge in [-0.2, -0.15) is 5.10 Å². The fraction of sp³-hybridized carbons (Fsp3) is 0.438. The minimum absolute atomic E-state index is 0.169. The fourth-order valence-corrected chi connectivity index (χ4v) is 2.41. The van der Waals surface area contributed by atoms with Crippen LogP contribution in [0.2, 0.25) is 0 Å². The summed E-state index contributed by atoms with van der Waals surface area (Å²) in [5.74, 6) is 0.561. The standard InChI is InChI=1S/C16H22BrN3O3S/c1-22-14-8-7-13(17)10-12(14)11-19-20-16(24)18-9-5-3-4-6-15(21)23-2/h7-8,10-11H,3-6,9H2,1-2H3,(H2,18,20,24)/b19-11-. The largest absolute Gasteiger partial charge is 0.496 e. The van der Waals surface area contributed by atoms with E-state index in [0.717, 1.165) is 41.6 Å². The Morgan fingerprint density at radius 1 is 1.33 bits per heavy atom. The number of nitrogens with one attached hydrogen (secondary N) is 2. The number of carbonyl (C=O) groups is 1. The number of rotatable bonds is 9. The van der Waals surface area contributed by atoms with Crippen LogP contribution >= 0.6 is 28.1 Å². The van der Waals surface area contributed by atoms with Crippen molar-refractivity contribution in [3.8, 4) is 5.75 Å². The molecule has 0 aliphatic carbocycles. The molecule has 0 aliphatic heterocycles. The second-order valence-corrected chi connectivity index (χ2v) is 6.22. The van der Waals surface area contributed by atoms with Crippen molar-refractivity contribution >= 4 is 45.4 Å². The number of hydrazone groups is 1. The Morgan fingerprint density at radius 2 is 2.12 bits per heavy atom. The smallest absolute Gasteiger partial charge is 0.305 e. The molecule has 1 aromatic rings. The van der Waals surface area contributed by atoms with E-state index in [9.17, 15) is 4.79 Å². The van der Waals surface area contributed by atoms with Gasteiger partial charge >= 0.3 is 5.97 Å². The molecule has 2 N–H and O–H groups in total. The summed E-state index contributed by atoms with van der Waals surface area (Å²) in [6, 6.07) is 5.66. The molecular formula is C16H22BrN3O3S. The first-order valence-electron chi connectivity index (χ1n) is 7.54. The Balaban J connectivity index is 2.24. The first-order valence-corrected chi connectivity index (χ1v) is 8.74. The zero-order valence-corrected chi connectivity index (χ0v) is 16.2. The van der Waals surface area contributed by atoms with Gasteiger partial charge in [0.15, 0.2) is 5.11 Å². The maximum atomic E-state index is 11.0. The van der Waals surface area contributed by atoms with Crippen LogP contribution in [0.1, 0.15) is 31.2 Å². The molecule has 1 aromatic carbocycles. The van der Waals surface area contributed by atoms with Crippen molar-refractivity contribution in [2.24, 2.45) is 5.10 Å². The molecule has 0 aliphatic rings. The zero-order chi connectivity index (χ0) is 17.8. The molecule has 0 fully saturated rings. The molecule has 0 heterocycles. The number of benzene rings is 1. The molecule has 0 saturated carbocycles. The Kier molecular flexibility index (Phi) is 10.0. The third-order valence-electron chi connectivity index (χ3n) is 3.13. The van der Waals surface area contributed by atoms with Crippen molar-refractivity contribution in [1.29, 1.82) is 0 Å². The third kappa shape index (κ3) is 8.26. The minimum Gasteiger partial charge on any atom is -0.496 e. The lowest BCUT2D eigenvalue weighted by Gasteiger charge is -2.07. The van der Waals surface area contributed by atoms with Crippen molar-refractivity contribution in [2.75, 3.05) is 20.8 Å². The van der Waals surface area contributed by atoms with Gasteiger partial charge in [-0.15, -0.1) is 0 Å². The topological polar surface area (TPSA) is 72.0 Å². The van der Waals surface area contributed by atoms with E-state index < -0.39 is 0 Å². The maximum absolute atomic E-state index is 11.0. The van der Waals surface area contributed by atoms with E-state index in [1.165, 1.54) is 7.11 Å². The van der Waals surface area contributed by atoms with Gasteiger partial charge in [0.05, 0.1) is 20.4 Å². The lowest BCUT2D eigenvalue weighted by Crippen LogP contribution is -2.32. The second kappa shape index (κ2) is 11.8. The van der Waals surface area contributed by atoms with Crippen LogP contribution in [-0.2, 0) is 9.53 Å². The summed E-state index contributed by atoms with van der Waals surface area (Å²) in [5.41, 5.74) is 3.60. The van der Waals surface area contributed by atoms with Crippen LogP contribution in [0.3, 0.4) is 0 Å². The molecule has 0 bridgehead atoms. The molecule has 0 amide bonds. The molecule has 1 rings (SSSR count). The molecule has 0 atom stereocenters. The molecule has 0 unspecified atom stereocenters. The maximum Gasteiger partial charge on any atom is 0.305 e. The van der Waals surface area contributed by atoms with Crippen molar-refractivity contribution in [2.45, 2.75) is 25.7 Å². The van der Waals surface area contributed by atoms with E-state index in [1.807, 2.05) is 18.2 Å². The molecule has 0 radical (unpaired) electrons. The van der Waals surface area contributed by atoms with Gasteiger partial charge in [-0.05, 0) is 43.3 Å². The first-order chi connectivity index (χ1) is 11.6. The molecule has 0 spiro atoms. The summed E-state index contributed by atoms with van der Waals surface area (Å²) >= 11 is 8.55. The van der Waals surface area contributed by atoms with E-state index >= 15 is 0 Å². The Morgan fingerprint density at radius 3 is 2.83 bits per heavy atom. The lowest BCUT2D eigenvalue weighted by atomic mass is 10.2. The number of thiocarbonyl (C=S) groups is 1. The average Bonchev–Trinajstić information content (AvgIpc) is 2.58. The molecule has 0 saturated heterocycles. The second-order valence-electron chi connectivity index (χ2n) is 4.90. The van der Waals surface area contributed by atoms with Crippen molar-refractivity contribution in [1.82, 2.24) is 10.7 Å². The number of hydrogen-bond donors (Lipinski definition) is 2. The van der Waals surface area contributed by atoms with Gasteiger partial charge in [-0.1, -0.05) is 22.4 Å². The number of carbonyl (C=O) groups excluding carboxylic acids is 1. The summed E-state index contributed by atoms with van der Waals surface area (Å²) in [6.07, 6.45) is 4.77. The van der Waals surface area contributed by atoms with Crippen LogP contribution in [0.25, 0.3) is 0 Å². The highest BCUT2D eigenvalue weighted by Crippen LogP contribution is 2.21. The Labute approximate surface area is 156 Å². The summed E-state index contributed by atoms with van der Waals surface area (Å²) < 4.78 is 10.8. The van der Waals surface area contributed by atoms with Gasteiger partial charge in [-0.25, -0.2) is 0 Å². The van der Waals surface area contributed by atoms with E-state index in [2.05, 4.69) is 36.5 Å². The monoisotopic (exact) mass is 415 g/mol. The minimum atomic E-state index is -0.169. The van der Waals surface area contributed by atoms with Crippen LogP contribution in [0, 0.1) is 0 Å². The van der Waals surface area contributed by atoms with E-state index in [1.54, 1.807) is 13.3 Å². The quantitative estimate of drug-likeness (QED) is 0.212. The zero-order valence-electron chi connectivity index (χ0n) is 13.8. The highest BCUT2D eigenvalue weighted by molar-refractivity contribution is 9.10. The van der Waals surface area contributed by atoms with E-state index in [4.69, 9.17) is 17.0 Å². The summed E-state index contributed by atoms with van der Waals surface area (Å²) in [6.45, 7) is 0.725. The highest BCUT2D eigenvalue weighted by Gasteiger charge is 2.01. The molecule has 8 heteroatoms. The first kappa shape index (κ1) is 20.4. The van der Waals surface area contributed by atoms with Crippen LogP contribution in [0.15, 0.2) is 27.8 Å². The molecule has 24 heavy (non-hydrogen) atoms. The summed E-state index contributed by atoms with van der Waals surface area (Å²) in [5, 5.41) is 7.61. The van der Waals surface area contributed by atoms with Gasteiger partial charge in [0.2, 0.25) is 0 Å². The molecule has 0 aromatic heterocycles. The van der Waals surface area contributed by atoms with Gasteiger partial charge in [-0.3, -0.25) is 10.2 Å². The predicted molar refractivity (Wildman–Crippen MR) is 103 cm³/mol. The molecular weight excluding hydrogens is 394 g/mol. The normalized spacial score (nSPS) is 10.5. The number of hydrogen-bond acceptors (Lipinski definition) is 5. The van der Waals surface area contributed by atoms with Gasteiger partial charge in [0.25, 0.3) is 0 Å².